The Kier molecular flexibility index (Phi) is 5.75. The summed E-state index contributed by atoms with van der Waals surface area (Å²) in [7, 11) is 0. The van der Waals surface area contributed by atoms with E-state index in [1.54, 1.807) is 6.07 Å². The molecule has 2 N–H and O–H groups in total. The van der Waals surface area contributed by atoms with Gasteiger partial charge in [-0.1, -0.05) is 30.9 Å². The zero-order valence-electron chi connectivity index (χ0n) is 18.3. The van der Waals surface area contributed by atoms with E-state index in [2.05, 4.69) is 15.5 Å². The molecule has 3 heterocycles. The smallest absolute Gasteiger partial charge is 0.319 e. The minimum absolute atomic E-state index is 0.0264. The number of aromatic nitrogens is 1. The molecule has 1 saturated heterocycles. The van der Waals surface area contributed by atoms with Crippen LogP contribution in [0.2, 0.25) is 5.02 Å². The van der Waals surface area contributed by atoms with Crippen LogP contribution in [0.4, 0.5) is 10.5 Å². The van der Waals surface area contributed by atoms with Gasteiger partial charge in [-0.2, -0.15) is 0 Å². The van der Waals surface area contributed by atoms with Crippen LogP contribution in [0.1, 0.15) is 63.3 Å². The van der Waals surface area contributed by atoms with Crippen molar-refractivity contribution in [2.75, 3.05) is 25.0 Å². The molecule has 2 aromatic rings. The van der Waals surface area contributed by atoms with Crippen molar-refractivity contribution in [2.45, 2.75) is 64.0 Å². The lowest BCUT2D eigenvalue weighted by Gasteiger charge is -2.42. The minimum Gasteiger partial charge on any atom is -0.466 e. The van der Waals surface area contributed by atoms with Gasteiger partial charge in [-0.3, -0.25) is 9.69 Å². The number of likely N-dealkylation sites (tertiary alicyclic amines) is 1. The van der Waals surface area contributed by atoms with Crippen LogP contribution in [-0.4, -0.2) is 41.6 Å². The molecular weight excluding hydrogens is 432 g/mol. The van der Waals surface area contributed by atoms with Crippen LogP contribution in [0.3, 0.4) is 0 Å². The fourth-order valence-electron chi connectivity index (χ4n) is 5.46. The van der Waals surface area contributed by atoms with Gasteiger partial charge in [0.05, 0.1) is 35.3 Å². The lowest BCUT2D eigenvalue weighted by Crippen LogP contribution is -2.52. The number of rotatable bonds is 4. The summed E-state index contributed by atoms with van der Waals surface area (Å²) in [5.41, 5.74) is 2.53. The Labute approximate surface area is 192 Å². The van der Waals surface area contributed by atoms with Gasteiger partial charge < -0.3 is 19.8 Å². The van der Waals surface area contributed by atoms with E-state index in [9.17, 15) is 9.59 Å². The van der Waals surface area contributed by atoms with E-state index in [0.717, 1.165) is 63.6 Å². The fourth-order valence-corrected chi connectivity index (χ4v) is 5.70. The van der Waals surface area contributed by atoms with Crippen LogP contribution in [0, 0.1) is 5.92 Å². The summed E-state index contributed by atoms with van der Waals surface area (Å²) in [6.45, 7) is 4.42. The molecule has 0 radical (unpaired) electrons. The first kappa shape index (κ1) is 21.5. The summed E-state index contributed by atoms with van der Waals surface area (Å²) in [6.07, 6.45) is 6.53. The highest BCUT2D eigenvalue weighted by Gasteiger charge is 2.44. The molecule has 1 aromatic carbocycles. The van der Waals surface area contributed by atoms with Crippen LogP contribution < -0.4 is 10.6 Å². The molecule has 0 unspecified atom stereocenters. The second-order valence-corrected chi connectivity index (χ2v) is 9.50. The van der Waals surface area contributed by atoms with E-state index in [1.165, 1.54) is 0 Å². The number of oxazole rings is 1. The molecule has 1 aromatic heterocycles. The molecule has 1 aliphatic carbocycles. The maximum absolute atomic E-state index is 12.4. The van der Waals surface area contributed by atoms with Crippen molar-refractivity contribution < 1.29 is 18.7 Å². The number of esters is 1. The molecule has 1 spiro atoms. The maximum atomic E-state index is 12.4. The Balaban J connectivity index is 1.41. The van der Waals surface area contributed by atoms with Crippen molar-refractivity contribution in [3.8, 4) is 0 Å². The Bertz CT molecular complexity index is 1040. The number of amides is 2. The zero-order chi connectivity index (χ0) is 22.3. The largest absolute Gasteiger partial charge is 0.466 e. The maximum Gasteiger partial charge on any atom is 0.319 e. The van der Waals surface area contributed by atoms with Gasteiger partial charge in [0.1, 0.15) is 5.52 Å². The first-order valence-electron chi connectivity index (χ1n) is 11.6. The van der Waals surface area contributed by atoms with Crippen LogP contribution in [0.25, 0.3) is 11.1 Å². The second-order valence-electron chi connectivity index (χ2n) is 9.09. The van der Waals surface area contributed by atoms with Crippen molar-refractivity contribution in [1.82, 2.24) is 15.2 Å². The number of halogens is 1. The highest BCUT2D eigenvalue weighted by Crippen LogP contribution is 2.48. The lowest BCUT2D eigenvalue weighted by atomic mass is 9.74. The van der Waals surface area contributed by atoms with Crippen molar-refractivity contribution in [2.24, 2.45) is 5.92 Å². The molecule has 2 aliphatic heterocycles. The van der Waals surface area contributed by atoms with Crippen molar-refractivity contribution in [1.29, 1.82) is 0 Å². The van der Waals surface area contributed by atoms with E-state index < -0.39 is 5.54 Å². The number of anilines is 1. The minimum atomic E-state index is -0.464. The third kappa shape index (κ3) is 3.83. The molecule has 5 rings (SSSR count). The Morgan fingerprint density at radius 1 is 1.31 bits per heavy atom. The molecule has 2 amide bonds. The van der Waals surface area contributed by atoms with Gasteiger partial charge in [-0.25, -0.2) is 9.78 Å². The molecule has 9 heteroatoms. The standard InChI is InChI=1S/C23H29ClN4O4/c1-2-31-21(29)14-6-10-28(11-7-14)13-17-25-16-12-15(24)19-18(20(16)32-17)23(27-22(30)26-19)8-4-3-5-9-23/h12,14H,2-11,13H2,1H3,(H2,26,27,30). The normalized spacial score (nSPS) is 21.2. The predicted molar refractivity (Wildman–Crippen MR) is 121 cm³/mol. The van der Waals surface area contributed by atoms with Crippen molar-refractivity contribution >= 4 is 40.4 Å². The predicted octanol–water partition coefficient (Wildman–Crippen LogP) is 4.55. The quantitative estimate of drug-likeness (QED) is 0.649. The molecule has 8 nitrogen and oxygen atoms in total. The monoisotopic (exact) mass is 460 g/mol. The third-order valence-electron chi connectivity index (χ3n) is 7.02. The van der Waals surface area contributed by atoms with Gasteiger partial charge in [0.25, 0.3) is 0 Å². The zero-order valence-corrected chi connectivity index (χ0v) is 19.1. The topological polar surface area (TPSA) is 96.7 Å². The summed E-state index contributed by atoms with van der Waals surface area (Å²) in [6, 6.07) is 1.56. The van der Waals surface area contributed by atoms with Crippen molar-refractivity contribution in [3.63, 3.8) is 0 Å². The Morgan fingerprint density at radius 2 is 2.06 bits per heavy atom. The number of carbonyl (C=O) groups excluding carboxylic acids is 2. The summed E-state index contributed by atoms with van der Waals surface area (Å²) in [4.78, 5) is 31.4. The van der Waals surface area contributed by atoms with Crippen LogP contribution >= 0.6 is 11.6 Å². The fraction of sp³-hybridized carbons (Fsp3) is 0.609. The van der Waals surface area contributed by atoms with E-state index in [1.807, 2.05) is 6.92 Å². The number of hydrogen-bond donors (Lipinski definition) is 2. The summed E-state index contributed by atoms with van der Waals surface area (Å²) in [5.74, 6) is 0.506. The molecule has 2 fully saturated rings. The molecule has 3 aliphatic rings. The summed E-state index contributed by atoms with van der Waals surface area (Å²) >= 11 is 6.58. The molecule has 32 heavy (non-hydrogen) atoms. The SMILES string of the molecule is CCOC(=O)C1CCN(Cc2nc3cc(Cl)c4c(c3o2)C2(CCCCC2)NC(=O)N4)CC1. The second kappa shape index (κ2) is 8.56. The third-order valence-corrected chi connectivity index (χ3v) is 7.32. The van der Waals surface area contributed by atoms with Gasteiger partial charge in [-0.05, 0) is 51.8 Å². The van der Waals surface area contributed by atoms with Gasteiger partial charge in [0.2, 0.25) is 5.89 Å². The highest BCUT2D eigenvalue weighted by atomic mass is 35.5. The number of hydrogen-bond acceptors (Lipinski definition) is 6. The number of fused-ring (bicyclic) bond motifs is 4. The first-order chi connectivity index (χ1) is 15.5. The van der Waals surface area contributed by atoms with Crippen LogP contribution in [0.5, 0.6) is 0 Å². The lowest BCUT2D eigenvalue weighted by molar-refractivity contribution is -0.149. The number of nitrogens with zero attached hydrogens (tertiary/aromatic N) is 2. The van der Waals surface area contributed by atoms with E-state index in [0.29, 0.717) is 40.9 Å². The molecule has 172 valence electrons. The number of benzene rings is 1. The number of nitrogens with one attached hydrogen (secondary N) is 2. The summed E-state index contributed by atoms with van der Waals surface area (Å²) < 4.78 is 11.5. The van der Waals surface area contributed by atoms with Gasteiger partial charge >= 0.3 is 12.0 Å². The highest BCUT2D eigenvalue weighted by molar-refractivity contribution is 6.35. The molecule has 1 saturated carbocycles. The van der Waals surface area contributed by atoms with Gasteiger partial charge in [0.15, 0.2) is 5.58 Å². The van der Waals surface area contributed by atoms with Crippen LogP contribution in [-0.2, 0) is 21.6 Å². The van der Waals surface area contributed by atoms with E-state index in [4.69, 9.17) is 25.7 Å². The van der Waals surface area contributed by atoms with Gasteiger partial charge in [-0.15, -0.1) is 0 Å². The molecule has 0 atom stereocenters. The first-order valence-corrected chi connectivity index (χ1v) is 12.0. The molecular formula is C23H29ClN4O4. The Morgan fingerprint density at radius 3 is 2.78 bits per heavy atom. The number of carbonyl (C=O) groups is 2. The van der Waals surface area contributed by atoms with Gasteiger partial charge in [0, 0.05) is 5.56 Å². The average molecular weight is 461 g/mol. The number of urea groups is 1. The summed E-state index contributed by atoms with van der Waals surface area (Å²) in [5, 5.41) is 6.55. The number of ether oxygens (including phenoxy) is 1. The average Bonchev–Trinajstić information content (AvgIpc) is 3.16. The van der Waals surface area contributed by atoms with E-state index >= 15 is 0 Å². The van der Waals surface area contributed by atoms with Crippen molar-refractivity contribution in [3.05, 3.63) is 22.5 Å². The number of piperidine rings is 1. The Hall–Kier alpha value is -2.32. The van der Waals surface area contributed by atoms with E-state index in [-0.39, 0.29) is 17.9 Å². The molecule has 0 bridgehead atoms. The van der Waals surface area contributed by atoms with Crippen LogP contribution in [0.15, 0.2) is 10.5 Å².